The number of ether oxygens (including phenoxy) is 1. The number of thioether (sulfide) groups is 1. The van der Waals surface area contributed by atoms with E-state index in [1.54, 1.807) is 6.07 Å². The summed E-state index contributed by atoms with van der Waals surface area (Å²) in [6, 6.07) is 17.0. The normalized spacial score (nSPS) is 14.6. The van der Waals surface area contributed by atoms with Gasteiger partial charge in [0.05, 0.1) is 22.2 Å². The molecule has 43 heavy (non-hydrogen) atoms. The van der Waals surface area contributed by atoms with Crippen LogP contribution in [0.3, 0.4) is 0 Å². The lowest BCUT2D eigenvalue weighted by Crippen LogP contribution is -2.25. The number of rotatable bonds is 9. The molecule has 4 aromatic rings. The molecule has 0 radical (unpaired) electrons. The maximum absolute atomic E-state index is 13.9. The Balaban J connectivity index is 1.22. The number of hydrogen-bond acceptors (Lipinski definition) is 6. The highest BCUT2D eigenvalue weighted by molar-refractivity contribution is 8.04. The molecule has 1 aromatic heterocycles. The van der Waals surface area contributed by atoms with Gasteiger partial charge in [-0.15, -0.1) is 18.3 Å². The largest absolute Gasteiger partial charge is 0.573 e. The van der Waals surface area contributed by atoms with Crippen LogP contribution in [0, 0.1) is 5.82 Å². The number of ketones is 1. The van der Waals surface area contributed by atoms with E-state index in [4.69, 9.17) is 0 Å². The van der Waals surface area contributed by atoms with Crippen molar-refractivity contribution in [2.75, 3.05) is 10.7 Å². The molecule has 222 valence electrons. The Morgan fingerprint density at radius 2 is 1.79 bits per heavy atom. The molecule has 1 aliphatic rings. The van der Waals surface area contributed by atoms with Crippen molar-refractivity contribution in [2.45, 2.75) is 39.0 Å². The molecule has 0 N–H and O–H groups in total. The molecule has 0 saturated carbocycles. The molecule has 0 atom stereocenters. The van der Waals surface area contributed by atoms with E-state index in [2.05, 4.69) is 14.8 Å². The molecule has 1 saturated heterocycles. The van der Waals surface area contributed by atoms with Crippen LogP contribution in [0.4, 0.5) is 23.2 Å². The van der Waals surface area contributed by atoms with Gasteiger partial charge >= 0.3 is 6.36 Å². The fourth-order valence-electron chi connectivity index (χ4n) is 4.56. The minimum Gasteiger partial charge on any atom is -0.406 e. The molecule has 2 heterocycles. The number of halogens is 4. The average molecular weight is 611 g/mol. The van der Waals surface area contributed by atoms with Gasteiger partial charge in [0.15, 0.2) is 11.6 Å². The van der Waals surface area contributed by atoms with Crippen molar-refractivity contribution >= 4 is 29.1 Å². The Morgan fingerprint density at radius 1 is 1.07 bits per heavy atom. The van der Waals surface area contributed by atoms with Crippen molar-refractivity contribution in [3.05, 3.63) is 101 Å². The predicted octanol–water partition coefficient (Wildman–Crippen LogP) is 7.22. The van der Waals surface area contributed by atoms with Crippen LogP contribution in [-0.2, 0) is 16.0 Å². The number of nitrogens with zero attached hydrogens (tertiary/aromatic N) is 4. The van der Waals surface area contributed by atoms with E-state index in [1.807, 2.05) is 38.1 Å². The Morgan fingerprint density at radius 3 is 2.47 bits per heavy atom. The van der Waals surface area contributed by atoms with Gasteiger partial charge in [0, 0.05) is 18.1 Å². The Kier molecular flexibility index (Phi) is 8.67. The number of aromatic nitrogens is 3. The second kappa shape index (κ2) is 12.4. The first-order valence-electron chi connectivity index (χ1n) is 13.3. The van der Waals surface area contributed by atoms with Crippen LogP contribution < -0.4 is 9.64 Å². The molecule has 3 aromatic carbocycles. The van der Waals surface area contributed by atoms with Gasteiger partial charge in [0.25, 0.3) is 0 Å². The number of alkyl halides is 3. The number of carbonyl (C=O) groups is 2. The predicted molar refractivity (Wildman–Crippen MR) is 155 cm³/mol. The second-order valence-corrected chi connectivity index (χ2v) is 11.1. The molecule has 1 amide bonds. The SMILES string of the molecule is CC(C)c1cc(F)ccc1N1C(=O)CS/C1=C\C(=O)CCc1ccc(-c2ncn(-c3ccc(OC(F)(F)F)cc3)n2)cc1. The van der Waals surface area contributed by atoms with Crippen molar-refractivity contribution in [3.8, 4) is 22.8 Å². The number of carbonyl (C=O) groups excluding carboxylic acids is 2. The number of allylic oxidation sites excluding steroid dienone is 1. The molecule has 5 rings (SSSR count). The highest BCUT2D eigenvalue weighted by atomic mass is 32.2. The number of amides is 1. The third kappa shape index (κ3) is 7.31. The van der Waals surface area contributed by atoms with Crippen LogP contribution in [-0.4, -0.2) is 38.6 Å². The minimum absolute atomic E-state index is 0.0127. The van der Waals surface area contributed by atoms with Crippen LogP contribution in [0.1, 0.15) is 37.3 Å². The van der Waals surface area contributed by atoms with E-state index < -0.39 is 6.36 Å². The second-order valence-electron chi connectivity index (χ2n) is 10.1. The van der Waals surface area contributed by atoms with Gasteiger partial charge in [-0.25, -0.2) is 14.1 Å². The van der Waals surface area contributed by atoms with Crippen LogP contribution in [0.2, 0.25) is 0 Å². The van der Waals surface area contributed by atoms with Crippen LogP contribution in [0.15, 0.2) is 84.2 Å². The van der Waals surface area contributed by atoms with E-state index >= 15 is 0 Å². The highest BCUT2D eigenvalue weighted by Gasteiger charge is 2.32. The summed E-state index contributed by atoms with van der Waals surface area (Å²) in [5.41, 5.74) is 3.44. The van der Waals surface area contributed by atoms with E-state index in [0.717, 1.165) is 11.1 Å². The molecule has 12 heteroatoms. The van der Waals surface area contributed by atoms with E-state index in [0.29, 0.717) is 34.2 Å². The average Bonchev–Trinajstić information content (AvgIpc) is 3.59. The van der Waals surface area contributed by atoms with Crippen molar-refractivity contribution in [1.29, 1.82) is 0 Å². The smallest absolute Gasteiger partial charge is 0.406 e. The van der Waals surface area contributed by atoms with Crippen molar-refractivity contribution < 1.29 is 31.9 Å². The van der Waals surface area contributed by atoms with Crippen LogP contribution in [0.25, 0.3) is 17.1 Å². The zero-order valence-corrected chi connectivity index (χ0v) is 24.0. The van der Waals surface area contributed by atoms with E-state index in [1.165, 1.54) is 70.1 Å². The topological polar surface area (TPSA) is 77.3 Å². The first-order chi connectivity index (χ1) is 20.5. The number of anilines is 1. The number of benzene rings is 3. The minimum atomic E-state index is -4.77. The molecule has 0 unspecified atom stereocenters. The Labute approximate surface area is 249 Å². The van der Waals surface area contributed by atoms with Crippen LogP contribution in [0.5, 0.6) is 5.75 Å². The lowest BCUT2D eigenvalue weighted by atomic mass is 10.00. The summed E-state index contributed by atoms with van der Waals surface area (Å²) in [6.45, 7) is 3.85. The summed E-state index contributed by atoms with van der Waals surface area (Å²) in [5.74, 6) is -0.381. The van der Waals surface area contributed by atoms with Crippen molar-refractivity contribution in [2.24, 2.45) is 0 Å². The summed E-state index contributed by atoms with van der Waals surface area (Å²) >= 11 is 1.29. The fraction of sp³-hybridized carbons (Fsp3) is 0.226. The summed E-state index contributed by atoms with van der Waals surface area (Å²) < 4.78 is 56.4. The molecule has 0 bridgehead atoms. The first kappa shape index (κ1) is 30.0. The summed E-state index contributed by atoms with van der Waals surface area (Å²) in [4.78, 5) is 31.4. The maximum Gasteiger partial charge on any atom is 0.573 e. The lowest BCUT2D eigenvalue weighted by Gasteiger charge is -2.22. The molecule has 7 nitrogen and oxygen atoms in total. The molecule has 0 spiro atoms. The van der Waals surface area contributed by atoms with Crippen molar-refractivity contribution in [3.63, 3.8) is 0 Å². The zero-order chi connectivity index (χ0) is 30.7. The number of hydrogen-bond donors (Lipinski definition) is 0. The van der Waals surface area contributed by atoms with Gasteiger partial charge in [-0.1, -0.05) is 49.9 Å². The van der Waals surface area contributed by atoms with Crippen LogP contribution >= 0.6 is 11.8 Å². The quantitative estimate of drug-likeness (QED) is 0.147. The van der Waals surface area contributed by atoms with Gasteiger partial charge in [0.2, 0.25) is 5.91 Å². The van der Waals surface area contributed by atoms with Gasteiger partial charge in [-0.05, 0) is 65.9 Å². The van der Waals surface area contributed by atoms with Gasteiger partial charge in [0.1, 0.15) is 17.9 Å². The third-order valence-electron chi connectivity index (χ3n) is 6.65. The summed E-state index contributed by atoms with van der Waals surface area (Å²) in [6.07, 6.45) is -1.12. The maximum atomic E-state index is 13.9. The lowest BCUT2D eigenvalue weighted by molar-refractivity contribution is -0.274. The molecular weight excluding hydrogens is 584 g/mol. The fourth-order valence-corrected chi connectivity index (χ4v) is 5.50. The third-order valence-corrected chi connectivity index (χ3v) is 7.64. The molecule has 0 aliphatic carbocycles. The van der Waals surface area contributed by atoms with Gasteiger partial charge in [-0.2, -0.15) is 0 Å². The van der Waals surface area contributed by atoms with E-state index in [9.17, 15) is 27.2 Å². The van der Waals surface area contributed by atoms with Gasteiger partial charge < -0.3 is 4.74 Å². The van der Waals surface area contributed by atoms with E-state index in [-0.39, 0.29) is 41.3 Å². The van der Waals surface area contributed by atoms with Gasteiger partial charge in [-0.3, -0.25) is 14.5 Å². The highest BCUT2D eigenvalue weighted by Crippen LogP contribution is 2.38. The first-order valence-corrected chi connectivity index (χ1v) is 14.3. The summed E-state index contributed by atoms with van der Waals surface area (Å²) in [5, 5.41) is 4.93. The monoisotopic (exact) mass is 610 g/mol. The Hall–Kier alpha value is -4.45. The molecule has 1 aliphatic heterocycles. The molecular formula is C31H26F4N4O3S. The zero-order valence-electron chi connectivity index (χ0n) is 23.1. The Bertz CT molecular complexity index is 1670. The van der Waals surface area contributed by atoms with Crippen molar-refractivity contribution in [1.82, 2.24) is 14.8 Å². The molecule has 1 fully saturated rings. The number of aryl methyl sites for hydroxylation is 1. The standard InChI is InChI=1S/C31H26F4N4O3S/c1-19(2)26-15-22(32)8-14-27(26)39-28(41)17-43-29(39)16-24(40)11-5-20-3-6-21(7-4-20)30-36-18-38(37-30)23-9-12-25(13-10-23)42-31(33,34)35/h3-4,6-10,12-16,18-19H,5,11,17H2,1-2H3/b29-16-. The summed E-state index contributed by atoms with van der Waals surface area (Å²) in [7, 11) is 0.